The molecule has 116 valence electrons. The lowest BCUT2D eigenvalue weighted by atomic mass is 9.96. The van der Waals surface area contributed by atoms with Gasteiger partial charge in [0.1, 0.15) is 5.75 Å². The quantitative estimate of drug-likeness (QED) is 0.906. The van der Waals surface area contributed by atoms with E-state index in [1.165, 1.54) is 0 Å². The maximum atomic E-state index is 12.9. The highest BCUT2D eigenvalue weighted by atomic mass is 16.5. The third-order valence-electron chi connectivity index (χ3n) is 4.14. The van der Waals surface area contributed by atoms with E-state index in [0.29, 0.717) is 17.2 Å². The van der Waals surface area contributed by atoms with Crippen molar-refractivity contribution in [1.82, 2.24) is 10.2 Å². The van der Waals surface area contributed by atoms with Crippen molar-refractivity contribution < 1.29 is 9.53 Å². The van der Waals surface area contributed by atoms with Gasteiger partial charge in [-0.3, -0.25) is 4.79 Å². The zero-order chi connectivity index (χ0) is 15.2. The summed E-state index contributed by atoms with van der Waals surface area (Å²) in [6.07, 6.45) is 2.28. The van der Waals surface area contributed by atoms with Crippen LogP contribution >= 0.6 is 0 Å². The van der Waals surface area contributed by atoms with Crippen molar-refractivity contribution in [2.24, 2.45) is 5.92 Å². The van der Waals surface area contributed by atoms with Crippen molar-refractivity contribution in [3.05, 3.63) is 29.8 Å². The molecule has 4 heteroatoms. The van der Waals surface area contributed by atoms with E-state index in [0.717, 1.165) is 32.5 Å². The number of amides is 1. The molecule has 1 aliphatic heterocycles. The number of nitrogens with zero attached hydrogens (tertiary/aromatic N) is 1. The van der Waals surface area contributed by atoms with E-state index < -0.39 is 0 Å². The van der Waals surface area contributed by atoms with Gasteiger partial charge >= 0.3 is 0 Å². The van der Waals surface area contributed by atoms with Gasteiger partial charge in [0.05, 0.1) is 12.7 Å². The first-order valence-electron chi connectivity index (χ1n) is 7.78. The number of ether oxygens (including phenoxy) is 1. The monoisotopic (exact) mass is 290 g/mol. The molecule has 21 heavy (non-hydrogen) atoms. The third-order valence-corrected chi connectivity index (χ3v) is 4.14. The zero-order valence-corrected chi connectivity index (χ0v) is 13.3. The maximum Gasteiger partial charge on any atom is 0.257 e. The Kier molecular flexibility index (Phi) is 5.62. The Morgan fingerprint density at radius 3 is 2.62 bits per heavy atom. The Bertz CT molecular complexity index is 468. The van der Waals surface area contributed by atoms with Gasteiger partial charge in [-0.2, -0.15) is 0 Å². The minimum absolute atomic E-state index is 0.0704. The first-order valence-corrected chi connectivity index (χ1v) is 7.78. The van der Waals surface area contributed by atoms with Crippen LogP contribution in [0.2, 0.25) is 0 Å². The normalized spacial score (nSPS) is 16.0. The Hall–Kier alpha value is -1.55. The van der Waals surface area contributed by atoms with Crippen LogP contribution in [0.4, 0.5) is 0 Å². The number of carbonyl (C=O) groups is 1. The largest absolute Gasteiger partial charge is 0.496 e. The highest BCUT2D eigenvalue weighted by Crippen LogP contribution is 2.22. The molecule has 2 rings (SSSR count). The standard InChI is InChI=1S/C17H26N2O2/c1-13(2)19(12-14-8-10-18-11-9-14)17(20)15-6-4-5-7-16(15)21-3/h4-7,13-14,18H,8-12H2,1-3H3. The lowest BCUT2D eigenvalue weighted by Gasteiger charge is -2.33. The van der Waals surface area contributed by atoms with Crippen molar-refractivity contribution in [2.45, 2.75) is 32.7 Å². The molecular weight excluding hydrogens is 264 g/mol. The SMILES string of the molecule is COc1ccccc1C(=O)N(CC1CCNCC1)C(C)C. The number of hydrogen-bond acceptors (Lipinski definition) is 3. The minimum Gasteiger partial charge on any atom is -0.496 e. The fraction of sp³-hybridized carbons (Fsp3) is 0.588. The molecule has 0 radical (unpaired) electrons. The fourth-order valence-corrected chi connectivity index (χ4v) is 2.85. The van der Waals surface area contributed by atoms with Crippen LogP contribution in [0, 0.1) is 5.92 Å². The molecule has 0 unspecified atom stereocenters. The van der Waals surface area contributed by atoms with Gasteiger partial charge in [0.2, 0.25) is 0 Å². The van der Waals surface area contributed by atoms with Gasteiger partial charge < -0.3 is 15.0 Å². The molecule has 0 spiro atoms. The molecule has 0 saturated carbocycles. The lowest BCUT2D eigenvalue weighted by Crippen LogP contribution is -2.43. The van der Waals surface area contributed by atoms with Gasteiger partial charge in [-0.25, -0.2) is 0 Å². The second-order valence-electron chi connectivity index (χ2n) is 5.94. The van der Waals surface area contributed by atoms with Crippen LogP contribution < -0.4 is 10.1 Å². The molecule has 1 amide bonds. The van der Waals surface area contributed by atoms with E-state index in [2.05, 4.69) is 19.2 Å². The Balaban J connectivity index is 2.14. The summed E-state index contributed by atoms with van der Waals surface area (Å²) in [6, 6.07) is 7.66. The van der Waals surface area contributed by atoms with Gasteiger partial charge in [-0.15, -0.1) is 0 Å². The number of piperidine rings is 1. The molecule has 0 aromatic heterocycles. The first kappa shape index (κ1) is 15.8. The van der Waals surface area contributed by atoms with E-state index in [-0.39, 0.29) is 11.9 Å². The van der Waals surface area contributed by atoms with Crippen LogP contribution in [0.3, 0.4) is 0 Å². The molecule has 1 fully saturated rings. The number of rotatable bonds is 5. The average molecular weight is 290 g/mol. The molecule has 1 heterocycles. The van der Waals surface area contributed by atoms with Crippen LogP contribution in [-0.2, 0) is 0 Å². The topological polar surface area (TPSA) is 41.6 Å². The Morgan fingerprint density at radius 1 is 1.33 bits per heavy atom. The number of carbonyl (C=O) groups excluding carboxylic acids is 1. The summed E-state index contributed by atoms with van der Waals surface area (Å²) in [6.45, 7) is 7.10. The molecule has 1 saturated heterocycles. The predicted molar refractivity (Wildman–Crippen MR) is 84.8 cm³/mol. The molecule has 0 bridgehead atoms. The summed E-state index contributed by atoms with van der Waals surface area (Å²) < 4.78 is 5.33. The second-order valence-corrected chi connectivity index (χ2v) is 5.94. The van der Waals surface area contributed by atoms with Crippen molar-refractivity contribution in [2.75, 3.05) is 26.7 Å². The summed E-state index contributed by atoms with van der Waals surface area (Å²) in [7, 11) is 1.61. The maximum absolute atomic E-state index is 12.9. The van der Waals surface area contributed by atoms with E-state index in [1.807, 2.05) is 29.2 Å². The second kappa shape index (κ2) is 7.46. The Labute approximate surface area is 127 Å². The van der Waals surface area contributed by atoms with Crippen LogP contribution in [0.1, 0.15) is 37.0 Å². The van der Waals surface area contributed by atoms with Crippen LogP contribution in [0.25, 0.3) is 0 Å². The summed E-state index contributed by atoms with van der Waals surface area (Å²) in [5.74, 6) is 1.31. The third kappa shape index (κ3) is 3.97. The summed E-state index contributed by atoms with van der Waals surface area (Å²) in [5.41, 5.74) is 0.655. The summed E-state index contributed by atoms with van der Waals surface area (Å²) in [4.78, 5) is 14.9. The van der Waals surface area contributed by atoms with E-state index in [1.54, 1.807) is 7.11 Å². The van der Waals surface area contributed by atoms with Crippen molar-refractivity contribution >= 4 is 5.91 Å². The van der Waals surface area contributed by atoms with Crippen molar-refractivity contribution in [3.8, 4) is 5.75 Å². The zero-order valence-electron chi connectivity index (χ0n) is 13.3. The predicted octanol–water partition coefficient (Wildman–Crippen LogP) is 2.55. The molecule has 1 aromatic carbocycles. The Morgan fingerprint density at radius 2 is 2.00 bits per heavy atom. The van der Waals surface area contributed by atoms with Gasteiger partial charge in [-0.05, 0) is 57.8 Å². The van der Waals surface area contributed by atoms with Crippen LogP contribution in [-0.4, -0.2) is 43.6 Å². The molecule has 0 aliphatic carbocycles. The molecular formula is C17H26N2O2. The highest BCUT2D eigenvalue weighted by Gasteiger charge is 2.25. The van der Waals surface area contributed by atoms with Crippen LogP contribution in [0.5, 0.6) is 5.75 Å². The smallest absolute Gasteiger partial charge is 0.257 e. The highest BCUT2D eigenvalue weighted by molar-refractivity contribution is 5.97. The van der Waals surface area contributed by atoms with Gasteiger partial charge in [0, 0.05) is 12.6 Å². The average Bonchev–Trinajstić information content (AvgIpc) is 2.52. The number of nitrogens with one attached hydrogen (secondary N) is 1. The van der Waals surface area contributed by atoms with E-state index >= 15 is 0 Å². The van der Waals surface area contributed by atoms with Gasteiger partial charge in [0.25, 0.3) is 5.91 Å². The molecule has 1 aromatic rings. The van der Waals surface area contributed by atoms with Crippen molar-refractivity contribution in [1.29, 1.82) is 0 Å². The number of methoxy groups -OCH3 is 1. The molecule has 0 atom stereocenters. The molecule has 1 aliphatic rings. The summed E-state index contributed by atoms with van der Waals surface area (Å²) in [5, 5.41) is 3.37. The van der Waals surface area contributed by atoms with Gasteiger partial charge in [0.15, 0.2) is 0 Å². The van der Waals surface area contributed by atoms with Crippen LogP contribution in [0.15, 0.2) is 24.3 Å². The van der Waals surface area contributed by atoms with E-state index in [4.69, 9.17) is 4.74 Å². The molecule has 1 N–H and O–H groups in total. The minimum atomic E-state index is 0.0704. The number of hydrogen-bond donors (Lipinski definition) is 1. The van der Waals surface area contributed by atoms with E-state index in [9.17, 15) is 4.79 Å². The molecule has 4 nitrogen and oxygen atoms in total. The van der Waals surface area contributed by atoms with Gasteiger partial charge in [-0.1, -0.05) is 12.1 Å². The first-order chi connectivity index (χ1) is 10.1. The summed E-state index contributed by atoms with van der Waals surface area (Å²) >= 11 is 0. The number of para-hydroxylation sites is 1. The fourth-order valence-electron chi connectivity index (χ4n) is 2.85. The van der Waals surface area contributed by atoms with Crippen molar-refractivity contribution in [3.63, 3.8) is 0 Å². The lowest BCUT2D eigenvalue weighted by molar-refractivity contribution is 0.0654. The number of benzene rings is 1.